The molecule has 3 heteroatoms. The number of aromatic amines is 1. The van der Waals surface area contributed by atoms with Gasteiger partial charge in [0.15, 0.2) is 0 Å². The van der Waals surface area contributed by atoms with Crippen molar-refractivity contribution in [1.82, 2.24) is 10.3 Å². The Morgan fingerprint density at radius 2 is 2.05 bits per heavy atom. The maximum Gasteiger partial charge on any atom is 0.225 e. The molecule has 1 aromatic heterocycles. The third-order valence-corrected chi connectivity index (χ3v) is 4.11. The molecule has 0 radical (unpaired) electrons. The number of aryl methyl sites for hydroxylation is 1. The van der Waals surface area contributed by atoms with Crippen molar-refractivity contribution in [1.29, 1.82) is 0 Å². The fourth-order valence-corrected chi connectivity index (χ4v) is 2.91. The number of nitrogens with one attached hydrogen (secondary N) is 2. The highest BCUT2D eigenvalue weighted by Gasteiger charge is 2.27. The molecule has 0 spiro atoms. The highest BCUT2D eigenvalue weighted by Crippen LogP contribution is 2.29. The van der Waals surface area contributed by atoms with Gasteiger partial charge in [-0.3, -0.25) is 4.79 Å². The highest BCUT2D eigenvalue weighted by molar-refractivity contribution is 5.85. The average Bonchev–Trinajstić information content (AvgIpc) is 2.75. The van der Waals surface area contributed by atoms with Crippen LogP contribution in [0.15, 0.2) is 24.3 Å². The van der Waals surface area contributed by atoms with Crippen LogP contribution >= 0.6 is 0 Å². The standard InChI is InChI=1S/C17H22N2O/c1-17(2,3)16(20)18-11-8-9-13-12-6-4-5-7-14(12)19-15(13)10-11/h4-7,11,19H,8-10H2,1-3H3,(H,18,20). The molecule has 1 aromatic carbocycles. The number of hydrogen-bond acceptors (Lipinski definition) is 1. The quantitative estimate of drug-likeness (QED) is 0.821. The molecule has 3 rings (SSSR count). The zero-order chi connectivity index (χ0) is 14.3. The van der Waals surface area contributed by atoms with Crippen LogP contribution in [0.25, 0.3) is 10.9 Å². The molecule has 0 saturated heterocycles. The number of carbonyl (C=O) groups is 1. The lowest BCUT2D eigenvalue weighted by Gasteiger charge is -2.27. The summed E-state index contributed by atoms with van der Waals surface area (Å²) in [6.07, 6.45) is 2.97. The molecule has 20 heavy (non-hydrogen) atoms. The number of fused-ring (bicyclic) bond motifs is 3. The zero-order valence-electron chi connectivity index (χ0n) is 12.4. The van der Waals surface area contributed by atoms with E-state index in [-0.39, 0.29) is 17.4 Å². The lowest BCUT2D eigenvalue weighted by atomic mass is 9.89. The number of rotatable bonds is 1. The molecule has 1 heterocycles. The molecular formula is C17H22N2O. The Hall–Kier alpha value is -1.77. The molecule has 1 atom stereocenters. The smallest absolute Gasteiger partial charge is 0.225 e. The summed E-state index contributed by atoms with van der Waals surface area (Å²) in [4.78, 5) is 15.6. The normalized spacial score (nSPS) is 18.9. The second kappa shape index (κ2) is 4.65. The molecule has 1 aliphatic rings. The Labute approximate surface area is 119 Å². The van der Waals surface area contributed by atoms with E-state index in [9.17, 15) is 4.79 Å². The van der Waals surface area contributed by atoms with Gasteiger partial charge in [0.25, 0.3) is 0 Å². The summed E-state index contributed by atoms with van der Waals surface area (Å²) < 4.78 is 0. The predicted octanol–water partition coefficient (Wildman–Crippen LogP) is 3.19. The van der Waals surface area contributed by atoms with Gasteiger partial charge in [-0.05, 0) is 24.5 Å². The van der Waals surface area contributed by atoms with Gasteiger partial charge in [-0.25, -0.2) is 0 Å². The Balaban J connectivity index is 1.81. The van der Waals surface area contributed by atoms with Crippen LogP contribution in [0.3, 0.4) is 0 Å². The van der Waals surface area contributed by atoms with Gasteiger partial charge in [0.2, 0.25) is 5.91 Å². The van der Waals surface area contributed by atoms with Crippen molar-refractivity contribution in [3.05, 3.63) is 35.5 Å². The number of aromatic nitrogens is 1. The van der Waals surface area contributed by atoms with Gasteiger partial charge in [-0.1, -0.05) is 39.0 Å². The van der Waals surface area contributed by atoms with E-state index in [1.165, 1.54) is 22.2 Å². The van der Waals surface area contributed by atoms with Crippen LogP contribution in [0.2, 0.25) is 0 Å². The van der Waals surface area contributed by atoms with E-state index >= 15 is 0 Å². The van der Waals surface area contributed by atoms with E-state index in [1.54, 1.807) is 0 Å². The summed E-state index contributed by atoms with van der Waals surface area (Å²) >= 11 is 0. The summed E-state index contributed by atoms with van der Waals surface area (Å²) in [5, 5.41) is 4.52. The van der Waals surface area contributed by atoms with E-state index in [1.807, 2.05) is 20.8 Å². The molecule has 1 amide bonds. The number of H-pyrrole nitrogens is 1. The Bertz CT molecular complexity index is 649. The summed E-state index contributed by atoms with van der Waals surface area (Å²) in [5.41, 5.74) is 3.61. The van der Waals surface area contributed by atoms with Crippen LogP contribution in [0.4, 0.5) is 0 Å². The second-order valence-corrected chi connectivity index (χ2v) is 6.79. The van der Waals surface area contributed by atoms with Gasteiger partial charge in [0, 0.05) is 34.5 Å². The van der Waals surface area contributed by atoms with Crippen LogP contribution in [0.1, 0.15) is 38.4 Å². The van der Waals surface area contributed by atoms with Crippen LogP contribution in [-0.2, 0) is 17.6 Å². The van der Waals surface area contributed by atoms with Crippen molar-refractivity contribution >= 4 is 16.8 Å². The highest BCUT2D eigenvalue weighted by atomic mass is 16.2. The van der Waals surface area contributed by atoms with Crippen molar-refractivity contribution in [2.45, 2.75) is 46.1 Å². The molecule has 0 bridgehead atoms. The summed E-state index contributed by atoms with van der Waals surface area (Å²) in [7, 11) is 0. The van der Waals surface area contributed by atoms with Crippen LogP contribution in [-0.4, -0.2) is 16.9 Å². The molecular weight excluding hydrogens is 248 g/mol. The zero-order valence-corrected chi connectivity index (χ0v) is 12.4. The van der Waals surface area contributed by atoms with Crippen molar-refractivity contribution in [3.8, 4) is 0 Å². The number of hydrogen-bond donors (Lipinski definition) is 2. The fourth-order valence-electron chi connectivity index (χ4n) is 2.91. The van der Waals surface area contributed by atoms with E-state index in [4.69, 9.17) is 0 Å². The lowest BCUT2D eigenvalue weighted by Crippen LogP contribution is -2.44. The molecule has 1 unspecified atom stereocenters. The largest absolute Gasteiger partial charge is 0.358 e. The number of para-hydroxylation sites is 1. The van der Waals surface area contributed by atoms with E-state index in [2.05, 4.69) is 34.6 Å². The Kier molecular flexibility index (Phi) is 3.08. The third kappa shape index (κ3) is 2.33. The van der Waals surface area contributed by atoms with Crippen molar-refractivity contribution in [2.24, 2.45) is 5.41 Å². The lowest BCUT2D eigenvalue weighted by molar-refractivity contribution is -0.129. The minimum atomic E-state index is -0.319. The SMILES string of the molecule is CC(C)(C)C(=O)NC1CCc2c([nH]c3ccccc23)C1. The monoisotopic (exact) mass is 270 g/mol. The van der Waals surface area contributed by atoms with Gasteiger partial charge < -0.3 is 10.3 Å². The first-order valence-corrected chi connectivity index (χ1v) is 7.34. The van der Waals surface area contributed by atoms with Gasteiger partial charge >= 0.3 is 0 Å². The van der Waals surface area contributed by atoms with Gasteiger partial charge in [0.05, 0.1) is 0 Å². The summed E-state index contributed by atoms with van der Waals surface area (Å²) in [5.74, 6) is 0.141. The van der Waals surface area contributed by atoms with E-state index < -0.39 is 0 Å². The van der Waals surface area contributed by atoms with Gasteiger partial charge in [-0.2, -0.15) is 0 Å². The average molecular weight is 270 g/mol. The Morgan fingerprint density at radius 3 is 2.80 bits per heavy atom. The molecule has 3 nitrogen and oxygen atoms in total. The van der Waals surface area contributed by atoms with Crippen molar-refractivity contribution in [3.63, 3.8) is 0 Å². The number of carbonyl (C=O) groups excluding carboxylic acids is 1. The van der Waals surface area contributed by atoms with E-state index in [0.29, 0.717) is 0 Å². The molecule has 0 fully saturated rings. The maximum atomic E-state index is 12.1. The molecule has 0 saturated carbocycles. The van der Waals surface area contributed by atoms with Crippen molar-refractivity contribution in [2.75, 3.05) is 0 Å². The molecule has 2 N–H and O–H groups in total. The van der Waals surface area contributed by atoms with Gasteiger partial charge in [-0.15, -0.1) is 0 Å². The summed E-state index contributed by atoms with van der Waals surface area (Å²) in [6.45, 7) is 5.87. The van der Waals surface area contributed by atoms with Crippen LogP contribution in [0.5, 0.6) is 0 Å². The topological polar surface area (TPSA) is 44.9 Å². The number of amides is 1. The Morgan fingerprint density at radius 1 is 1.30 bits per heavy atom. The minimum Gasteiger partial charge on any atom is -0.358 e. The summed E-state index contributed by atoms with van der Waals surface area (Å²) in [6, 6.07) is 8.70. The third-order valence-electron chi connectivity index (χ3n) is 4.11. The molecule has 106 valence electrons. The van der Waals surface area contributed by atoms with Crippen LogP contribution in [0, 0.1) is 5.41 Å². The van der Waals surface area contributed by atoms with Gasteiger partial charge in [0.1, 0.15) is 0 Å². The first-order chi connectivity index (χ1) is 9.45. The predicted molar refractivity (Wildman–Crippen MR) is 81.7 cm³/mol. The maximum absolute atomic E-state index is 12.1. The molecule has 1 aliphatic carbocycles. The fraction of sp³-hybridized carbons (Fsp3) is 0.471. The van der Waals surface area contributed by atoms with Crippen molar-refractivity contribution < 1.29 is 4.79 Å². The first kappa shape index (κ1) is 13.2. The molecule has 2 aromatic rings. The van der Waals surface area contributed by atoms with E-state index in [0.717, 1.165) is 19.3 Å². The second-order valence-electron chi connectivity index (χ2n) is 6.79. The first-order valence-electron chi connectivity index (χ1n) is 7.34. The number of benzene rings is 1. The van der Waals surface area contributed by atoms with Crippen LogP contribution < -0.4 is 5.32 Å². The molecule has 0 aliphatic heterocycles. The minimum absolute atomic E-state index is 0.141.